The molecule has 1 aliphatic heterocycles. The van der Waals surface area contributed by atoms with Crippen molar-refractivity contribution in [1.29, 1.82) is 0 Å². The molecule has 0 radical (unpaired) electrons. The standard InChI is InChI=1S/C21H33N2O6P/c1-2-3-13-18(19(24)23-15-9-14-21(23,22)20(25)26)29-30(27,28)16-8-7-12-17-10-5-4-6-11-17/h4-6,10-11,18H,2-3,7-9,12-16,22H2,1H3,(H,25,26)(H,27,28)/t18?,21-/m0/s1. The zero-order valence-electron chi connectivity index (χ0n) is 17.5. The molecule has 4 N–H and O–H groups in total. The van der Waals surface area contributed by atoms with E-state index < -0.39 is 31.2 Å². The van der Waals surface area contributed by atoms with Crippen LogP contribution in [0.5, 0.6) is 0 Å². The Kier molecular flexibility index (Phi) is 9.04. The van der Waals surface area contributed by atoms with Crippen molar-refractivity contribution in [2.75, 3.05) is 12.7 Å². The molecule has 1 saturated heterocycles. The van der Waals surface area contributed by atoms with Crippen LogP contribution in [0.2, 0.25) is 0 Å². The number of unbranched alkanes of at least 4 members (excludes halogenated alkanes) is 2. The Morgan fingerprint density at radius 3 is 2.60 bits per heavy atom. The van der Waals surface area contributed by atoms with Gasteiger partial charge in [-0.05, 0) is 44.1 Å². The van der Waals surface area contributed by atoms with E-state index in [-0.39, 0.29) is 25.5 Å². The normalized spacial score (nSPS) is 21.9. The number of rotatable bonds is 12. The molecule has 8 nitrogen and oxygen atoms in total. The Morgan fingerprint density at radius 1 is 1.27 bits per heavy atom. The molecular weight excluding hydrogens is 407 g/mol. The zero-order valence-corrected chi connectivity index (χ0v) is 18.4. The molecule has 0 bridgehead atoms. The summed E-state index contributed by atoms with van der Waals surface area (Å²) in [5.74, 6) is -1.90. The minimum atomic E-state index is -4.01. The molecule has 1 aliphatic rings. The summed E-state index contributed by atoms with van der Waals surface area (Å²) < 4.78 is 18.0. The second kappa shape index (κ2) is 11.0. The number of nitrogens with zero attached hydrogens (tertiary/aromatic N) is 1. The third-order valence-corrected chi connectivity index (χ3v) is 6.91. The molecule has 0 aromatic heterocycles. The van der Waals surface area contributed by atoms with Gasteiger partial charge < -0.3 is 14.9 Å². The highest BCUT2D eigenvalue weighted by molar-refractivity contribution is 7.52. The number of hydrogen-bond acceptors (Lipinski definition) is 5. The van der Waals surface area contributed by atoms with Crippen molar-refractivity contribution in [3.63, 3.8) is 0 Å². The Balaban J connectivity index is 1.97. The number of amides is 1. The van der Waals surface area contributed by atoms with Crippen LogP contribution in [0.15, 0.2) is 30.3 Å². The molecule has 3 atom stereocenters. The maximum Gasteiger partial charge on any atom is 0.344 e. The van der Waals surface area contributed by atoms with Crippen LogP contribution in [-0.4, -0.2) is 51.2 Å². The Morgan fingerprint density at radius 2 is 1.97 bits per heavy atom. The Bertz CT molecular complexity index is 759. The van der Waals surface area contributed by atoms with Gasteiger partial charge in [-0.2, -0.15) is 0 Å². The number of aliphatic carboxylic acids is 1. The third-order valence-electron chi connectivity index (χ3n) is 5.44. The van der Waals surface area contributed by atoms with Gasteiger partial charge in [0.1, 0.15) is 6.10 Å². The highest BCUT2D eigenvalue weighted by Crippen LogP contribution is 2.45. The van der Waals surface area contributed by atoms with Crippen LogP contribution < -0.4 is 5.73 Å². The highest BCUT2D eigenvalue weighted by Gasteiger charge is 2.49. The first-order valence-corrected chi connectivity index (χ1v) is 12.3. The first kappa shape index (κ1) is 24.5. The molecular formula is C21H33N2O6P. The van der Waals surface area contributed by atoms with E-state index in [1.807, 2.05) is 37.3 Å². The van der Waals surface area contributed by atoms with Crippen LogP contribution in [0, 0.1) is 0 Å². The van der Waals surface area contributed by atoms with Gasteiger partial charge in [0.25, 0.3) is 5.91 Å². The van der Waals surface area contributed by atoms with Crippen molar-refractivity contribution < 1.29 is 28.7 Å². The predicted molar refractivity (Wildman–Crippen MR) is 114 cm³/mol. The molecule has 2 rings (SSSR count). The number of carboxylic acids is 1. The Labute approximate surface area is 177 Å². The van der Waals surface area contributed by atoms with Gasteiger partial charge in [0.2, 0.25) is 0 Å². The summed E-state index contributed by atoms with van der Waals surface area (Å²) in [4.78, 5) is 36.0. The predicted octanol–water partition coefficient (Wildman–Crippen LogP) is 3.13. The highest BCUT2D eigenvalue weighted by atomic mass is 31.2. The molecule has 1 aromatic carbocycles. The van der Waals surface area contributed by atoms with Gasteiger partial charge in [-0.1, -0.05) is 50.1 Å². The monoisotopic (exact) mass is 440 g/mol. The summed E-state index contributed by atoms with van der Waals surface area (Å²) in [6, 6.07) is 9.85. The number of likely N-dealkylation sites (tertiary alicyclic amines) is 1. The van der Waals surface area contributed by atoms with Crippen molar-refractivity contribution >= 4 is 19.5 Å². The zero-order chi connectivity index (χ0) is 22.2. The molecule has 2 unspecified atom stereocenters. The molecule has 9 heteroatoms. The first-order chi connectivity index (χ1) is 14.2. The van der Waals surface area contributed by atoms with Gasteiger partial charge in [-0.3, -0.25) is 19.6 Å². The van der Waals surface area contributed by atoms with Gasteiger partial charge in [0.15, 0.2) is 5.66 Å². The van der Waals surface area contributed by atoms with E-state index >= 15 is 0 Å². The summed E-state index contributed by atoms with van der Waals surface area (Å²) >= 11 is 0. The van der Waals surface area contributed by atoms with Crippen LogP contribution in [0.3, 0.4) is 0 Å². The molecule has 30 heavy (non-hydrogen) atoms. The number of nitrogens with two attached hydrogens (primary N) is 1. The molecule has 0 aliphatic carbocycles. The van der Waals surface area contributed by atoms with Crippen molar-refractivity contribution in [3.8, 4) is 0 Å². The molecule has 1 heterocycles. The molecule has 1 fully saturated rings. The van der Waals surface area contributed by atoms with Gasteiger partial charge in [0.05, 0.1) is 6.16 Å². The average Bonchev–Trinajstić information content (AvgIpc) is 3.12. The lowest BCUT2D eigenvalue weighted by atomic mass is 10.1. The minimum Gasteiger partial charge on any atom is -0.478 e. The van der Waals surface area contributed by atoms with Gasteiger partial charge in [0, 0.05) is 6.54 Å². The lowest BCUT2D eigenvalue weighted by Crippen LogP contribution is -2.61. The maximum atomic E-state index is 13.0. The van der Waals surface area contributed by atoms with E-state index in [2.05, 4.69) is 0 Å². The van der Waals surface area contributed by atoms with E-state index in [1.165, 1.54) is 0 Å². The van der Waals surface area contributed by atoms with Crippen LogP contribution in [0.1, 0.15) is 57.4 Å². The van der Waals surface area contributed by atoms with Crippen molar-refractivity contribution in [2.24, 2.45) is 5.73 Å². The number of aryl methyl sites for hydroxylation is 1. The van der Waals surface area contributed by atoms with E-state index in [9.17, 15) is 24.2 Å². The van der Waals surface area contributed by atoms with E-state index in [1.54, 1.807) is 0 Å². The fourth-order valence-electron chi connectivity index (χ4n) is 3.69. The molecule has 0 saturated carbocycles. The summed E-state index contributed by atoms with van der Waals surface area (Å²) in [5.41, 5.74) is 5.31. The fraction of sp³-hybridized carbons (Fsp3) is 0.619. The first-order valence-electron chi connectivity index (χ1n) is 10.6. The lowest BCUT2D eigenvalue weighted by molar-refractivity contribution is -0.159. The van der Waals surface area contributed by atoms with Crippen LogP contribution >= 0.6 is 7.60 Å². The SMILES string of the molecule is CCCCC(OP(=O)(O)CCCCc1ccccc1)C(=O)N1CCC[C@@]1(N)C(=O)O. The van der Waals surface area contributed by atoms with E-state index in [4.69, 9.17) is 10.3 Å². The van der Waals surface area contributed by atoms with Gasteiger partial charge in [-0.25, -0.2) is 4.79 Å². The van der Waals surface area contributed by atoms with Gasteiger partial charge in [-0.15, -0.1) is 0 Å². The van der Waals surface area contributed by atoms with Crippen LogP contribution in [0.4, 0.5) is 0 Å². The minimum absolute atomic E-state index is 0.0531. The lowest BCUT2D eigenvalue weighted by Gasteiger charge is -2.34. The summed E-state index contributed by atoms with van der Waals surface area (Å²) in [6.45, 7) is 2.13. The van der Waals surface area contributed by atoms with Crippen molar-refractivity contribution in [3.05, 3.63) is 35.9 Å². The molecule has 0 spiro atoms. The second-order valence-electron chi connectivity index (χ2n) is 7.86. The molecule has 1 amide bonds. The third kappa shape index (κ3) is 6.64. The number of carbonyl (C=O) groups is 2. The Hall–Kier alpha value is -1.73. The van der Waals surface area contributed by atoms with Crippen molar-refractivity contribution in [2.45, 2.75) is 70.1 Å². The number of carboxylic acid groups (broad SMARTS) is 1. The summed E-state index contributed by atoms with van der Waals surface area (Å²) in [5, 5.41) is 9.46. The maximum absolute atomic E-state index is 13.0. The number of carbonyl (C=O) groups excluding carboxylic acids is 1. The second-order valence-corrected chi connectivity index (χ2v) is 9.80. The van der Waals surface area contributed by atoms with E-state index in [0.717, 1.165) is 29.7 Å². The largest absolute Gasteiger partial charge is 0.478 e. The average molecular weight is 440 g/mol. The van der Waals surface area contributed by atoms with Crippen LogP contribution in [-0.2, 0) is 25.1 Å². The number of hydrogen-bond donors (Lipinski definition) is 3. The summed E-state index contributed by atoms with van der Waals surface area (Å²) in [7, 11) is -4.01. The summed E-state index contributed by atoms with van der Waals surface area (Å²) in [6.07, 6.45) is 3.01. The molecule has 1 aromatic rings. The topological polar surface area (TPSA) is 130 Å². The molecule has 168 valence electrons. The number of benzene rings is 1. The van der Waals surface area contributed by atoms with E-state index in [0.29, 0.717) is 19.3 Å². The fourth-order valence-corrected chi connectivity index (χ4v) is 5.01. The smallest absolute Gasteiger partial charge is 0.344 e. The van der Waals surface area contributed by atoms with Crippen molar-refractivity contribution in [1.82, 2.24) is 4.90 Å². The quantitative estimate of drug-likeness (QED) is 0.336. The van der Waals surface area contributed by atoms with Crippen LogP contribution in [0.25, 0.3) is 0 Å². The van der Waals surface area contributed by atoms with Gasteiger partial charge >= 0.3 is 13.6 Å².